The number of aromatic nitrogens is 2. The fourth-order valence-electron chi connectivity index (χ4n) is 3.35. The standard InChI is InChI=1S/C22H24N4O2S2/c1-4-25(5-2)10-11-26(21(27)15-6-8-17-20(12-15)29-14-23-17)22-24-18-13-16(28-3)7-9-19(18)30-22/h6-9,12-14H,4-5,10-11H2,1-3H3. The number of carbonyl (C=O) groups excluding carboxylic acids is 1. The molecular weight excluding hydrogens is 416 g/mol. The van der Waals surface area contributed by atoms with Crippen LogP contribution in [0.1, 0.15) is 24.2 Å². The zero-order valence-electron chi connectivity index (χ0n) is 17.3. The molecular formula is C22H24N4O2S2. The summed E-state index contributed by atoms with van der Waals surface area (Å²) in [6, 6.07) is 11.5. The van der Waals surface area contributed by atoms with Crippen LogP contribution in [0, 0.1) is 0 Å². The highest BCUT2D eigenvalue weighted by molar-refractivity contribution is 7.22. The van der Waals surface area contributed by atoms with E-state index in [-0.39, 0.29) is 5.91 Å². The summed E-state index contributed by atoms with van der Waals surface area (Å²) >= 11 is 3.07. The van der Waals surface area contributed by atoms with Crippen LogP contribution in [0.15, 0.2) is 41.9 Å². The zero-order valence-corrected chi connectivity index (χ0v) is 18.9. The molecule has 6 nitrogen and oxygen atoms in total. The maximum absolute atomic E-state index is 13.5. The number of nitrogens with zero attached hydrogens (tertiary/aromatic N) is 4. The van der Waals surface area contributed by atoms with E-state index in [1.807, 2.05) is 36.4 Å². The first-order valence-corrected chi connectivity index (χ1v) is 11.6. The Morgan fingerprint density at radius 3 is 2.63 bits per heavy atom. The second-order valence-corrected chi connectivity index (χ2v) is 8.74. The molecule has 0 unspecified atom stereocenters. The van der Waals surface area contributed by atoms with E-state index < -0.39 is 0 Å². The third-order valence-electron chi connectivity index (χ3n) is 5.17. The first-order valence-electron chi connectivity index (χ1n) is 9.95. The fourth-order valence-corrected chi connectivity index (χ4v) is 5.03. The number of hydrogen-bond acceptors (Lipinski definition) is 7. The largest absolute Gasteiger partial charge is 0.497 e. The molecule has 4 rings (SSSR count). The van der Waals surface area contributed by atoms with E-state index in [9.17, 15) is 4.79 Å². The molecule has 4 aromatic rings. The van der Waals surface area contributed by atoms with Gasteiger partial charge in [0, 0.05) is 24.7 Å². The molecule has 8 heteroatoms. The SMILES string of the molecule is CCN(CC)CCN(C(=O)c1ccc2ncsc2c1)c1nc2cc(OC)ccc2s1. The molecule has 0 fully saturated rings. The van der Waals surface area contributed by atoms with Crippen LogP contribution in [0.5, 0.6) is 5.75 Å². The Labute approximate surface area is 183 Å². The minimum Gasteiger partial charge on any atom is -0.497 e. The van der Waals surface area contributed by atoms with Crippen molar-refractivity contribution in [2.45, 2.75) is 13.8 Å². The van der Waals surface area contributed by atoms with Gasteiger partial charge in [-0.1, -0.05) is 25.2 Å². The van der Waals surface area contributed by atoms with Gasteiger partial charge in [0.25, 0.3) is 5.91 Å². The van der Waals surface area contributed by atoms with E-state index in [4.69, 9.17) is 9.72 Å². The molecule has 0 atom stereocenters. The van der Waals surface area contributed by atoms with Crippen molar-refractivity contribution in [3.05, 3.63) is 47.5 Å². The maximum Gasteiger partial charge on any atom is 0.260 e. The number of carbonyl (C=O) groups is 1. The Bertz CT molecular complexity index is 1170. The fraction of sp³-hybridized carbons (Fsp3) is 0.318. The lowest BCUT2D eigenvalue weighted by molar-refractivity contribution is 0.0984. The van der Waals surface area contributed by atoms with Gasteiger partial charge in [-0.2, -0.15) is 0 Å². The summed E-state index contributed by atoms with van der Waals surface area (Å²) in [4.78, 5) is 26.7. The van der Waals surface area contributed by atoms with Gasteiger partial charge in [-0.25, -0.2) is 9.97 Å². The first-order chi connectivity index (χ1) is 14.6. The number of likely N-dealkylation sites (N-methyl/N-ethyl adjacent to an activating group) is 1. The van der Waals surface area contributed by atoms with Gasteiger partial charge in [-0.05, 0) is 43.4 Å². The molecule has 156 valence electrons. The van der Waals surface area contributed by atoms with Gasteiger partial charge < -0.3 is 9.64 Å². The number of hydrogen-bond donors (Lipinski definition) is 0. The molecule has 2 aromatic carbocycles. The number of thiazole rings is 2. The highest BCUT2D eigenvalue weighted by atomic mass is 32.1. The van der Waals surface area contributed by atoms with E-state index in [0.29, 0.717) is 17.2 Å². The molecule has 0 aliphatic carbocycles. The molecule has 0 radical (unpaired) electrons. The molecule has 0 bridgehead atoms. The van der Waals surface area contributed by atoms with E-state index in [0.717, 1.165) is 45.8 Å². The Morgan fingerprint density at radius 1 is 1.03 bits per heavy atom. The van der Waals surface area contributed by atoms with Gasteiger partial charge in [0.2, 0.25) is 0 Å². The van der Waals surface area contributed by atoms with E-state index in [1.54, 1.807) is 28.9 Å². The number of amides is 1. The summed E-state index contributed by atoms with van der Waals surface area (Å²) < 4.78 is 7.37. The summed E-state index contributed by atoms with van der Waals surface area (Å²) in [6.45, 7) is 7.54. The van der Waals surface area contributed by atoms with Crippen molar-refractivity contribution in [2.24, 2.45) is 0 Å². The maximum atomic E-state index is 13.5. The topological polar surface area (TPSA) is 58.6 Å². The van der Waals surface area contributed by atoms with Crippen LogP contribution in [-0.4, -0.2) is 54.1 Å². The second-order valence-electron chi connectivity index (χ2n) is 6.85. The number of fused-ring (bicyclic) bond motifs is 2. The Balaban J connectivity index is 1.70. The van der Waals surface area contributed by atoms with E-state index >= 15 is 0 Å². The summed E-state index contributed by atoms with van der Waals surface area (Å²) in [5, 5.41) is 0.708. The van der Waals surface area contributed by atoms with Crippen molar-refractivity contribution in [1.82, 2.24) is 14.9 Å². The van der Waals surface area contributed by atoms with Crippen molar-refractivity contribution >= 4 is 54.1 Å². The summed E-state index contributed by atoms with van der Waals surface area (Å²) in [5.41, 5.74) is 4.22. The van der Waals surface area contributed by atoms with Crippen LogP contribution < -0.4 is 9.64 Å². The number of anilines is 1. The van der Waals surface area contributed by atoms with Crippen LogP contribution in [0.2, 0.25) is 0 Å². The number of rotatable bonds is 8. The summed E-state index contributed by atoms with van der Waals surface area (Å²) in [5.74, 6) is 0.722. The average Bonchev–Trinajstić information content (AvgIpc) is 3.41. The molecule has 30 heavy (non-hydrogen) atoms. The second kappa shape index (κ2) is 9.07. The first kappa shape index (κ1) is 20.7. The summed E-state index contributed by atoms with van der Waals surface area (Å²) in [6.07, 6.45) is 0. The summed E-state index contributed by atoms with van der Waals surface area (Å²) in [7, 11) is 1.64. The lowest BCUT2D eigenvalue weighted by Gasteiger charge is -2.24. The number of ether oxygens (including phenoxy) is 1. The van der Waals surface area contributed by atoms with Gasteiger partial charge in [-0.15, -0.1) is 11.3 Å². The lowest BCUT2D eigenvalue weighted by Crippen LogP contribution is -2.38. The van der Waals surface area contributed by atoms with Crippen LogP contribution in [-0.2, 0) is 0 Å². The third-order valence-corrected chi connectivity index (χ3v) is 7.02. The molecule has 0 aliphatic rings. The van der Waals surface area contributed by atoms with Crippen LogP contribution in [0.4, 0.5) is 5.13 Å². The highest BCUT2D eigenvalue weighted by Crippen LogP contribution is 2.32. The van der Waals surface area contributed by atoms with Gasteiger partial charge >= 0.3 is 0 Å². The number of methoxy groups -OCH3 is 1. The quantitative estimate of drug-likeness (QED) is 0.390. The Kier molecular flexibility index (Phi) is 6.26. The Hall–Kier alpha value is -2.55. The average molecular weight is 441 g/mol. The highest BCUT2D eigenvalue weighted by Gasteiger charge is 2.22. The molecule has 2 aromatic heterocycles. The molecule has 0 aliphatic heterocycles. The zero-order chi connectivity index (χ0) is 21.1. The molecule has 0 spiro atoms. The molecule has 0 saturated heterocycles. The monoisotopic (exact) mass is 440 g/mol. The van der Waals surface area contributed by atoms with Crippen molar-refractivity contribution in [1.29, 1.82) is 0 Å². The van der Waals surface area contributed by atoms with Crippen molar-refractivity contribution in [2.75, 3.05) is 38.2 Å². The molecule has 0 N–H and O–H groups in total. The minimum absolute atomic E-state index is 0.0384. The van der Waals surface area contributed by atoms with Gasteiger partial charge in [-0.3, -0.25) is 9.69 Å². The Morgan fingerprint density at radius 2 is 1.87 bits per heavy atom. The number of benzene rings is 2. The van der Waals surface area contributed by atoms with E-state index in [2.05, 4.69) is 23.7 Å². The lowest BCUT2D eigenvalue weighted by atomic mass is 10.2. The van der Waals surface area contributed by atoms with Gasteiger partial charge in [0.1, 0.15) is 5.75 Å². The van der Waals surface area contributed by atoms with Crippen molar-refractivity contribution < 1.29 is 9.53 Å². The molecule has 1 amide bonds. The van der Waals surface area contributed by atoms with Crippen LogP contribution in [0.3, 0.4) is 0 Å². The van der Waals surface area contributed by atoms with Gasteiger partial charge in [0.05, 0.1) is 33.1 Å². The van der Waals surface area contributed by atoms with Crippen molar-refractivity contribution in [3.8, 4) is 5.75 Å². The smallest absolute Gasteiger partial charge is 0.260 e. The predicted molar refractivity (Wildman–Crippen MR) is 125 cm³/mol. The van der Waals surface area contributed by atoms with Crippen LogP contribution in [0.25, 0.3) is 20.4 Å². The van der Waals surface area contributed by atoms with Gasteiger partial charge in [0.15, 0.2) is 5.13 Å². The van der Waals surface area contributed by atoms with Crippen molar-refractivity contribution in [3.63, 3.8) is 0 Å². The van der Waals surface area contributed by atoms with E-state index in [1.165, 1.54) is 11.3 Å². The van der Waals surface area contributed by atoms with Crippen LogP contribution >= 0.6 is 22.7 Å². The molecule has 0 saturated carbocycles. The normalized spacial score (nSPS) is 11.5. The predicted octanol–water partition coefficient (Wildman–Crippen LogP) is 4.90. The minimum atomic E-state index is -0.0384. The molecule has 2 heterocycles. The third kappa shape index (κ3) is 4.16.